The predicted octanol–water partition coefficient (Wildman–Crippen LogP) is 10.1. The first-order valence-electron chi connectivity index (χ1n) is 24.5. The van der Waals surface area contributed by atoms with Gasteiger partial charge in [0.2, 0.25) is 5.43 Å². The highest BCUT2D eigenvalue weighted by molar-refractivity contribution is 5.99. The molecule has 17 nitrogen and oxygen atoms in total. The normalized spacial score (nSPS) is 16.7. The van der Waals surface area contributed by atoms with Crippen molar-refractivity contribution in [1.29, 1.82) is 0 Å². The summed E-state index contributed by atoms with van der Waals surface area (Å²) in [6, 6.07) is 50.6. The number of hydrogen-bond acceptors (Lipinski definition) is 17. The third kappa shape index (κ3) is 11.3. The summed E-state index contributed by atoms with van der Waals surface area (Å²) in [7, 11) is 1.22. The number of carbonyl (C=O) groups is 6. The maximum atomic E-state index is 15.1. The fourth-order valence-corrected chi connectivity index (χ4v) is 8.86. The lowest BCUT2D eigenvalue weighted by molar-refractivity contribution is -0.231. The Labute approximate surface area is 449 Å². The summed E-state index contributed by atoms with van der Waals surface area (Å²) < 4.78 is 55.0. The van der Waals surface area contributed by atoms with Gasteiger partial charge in [0, 0.05) is 12.1 Å². The van der Waals surface area contributed by atoms with E-state index >= 15 is 4.79 Å². The molecule has 0 radical (unpaired) electrons. The topological polar surface area (TPSA) is 227 Å². The summed E-state index contributed by atoms with van der Waals surface area (Å²) in [4.78, 5) is 98.7. The van der Waals surface area contributed by atoms with E-state index in [0.29, 0.717) is 0 Å². The van der Waals surface area contributed by atoms with Crippen LogP contribution in [-0.2, 0) is 23.7 Å². The summed E-state index contributed by atoms with van der Waals surface area (Å²) in [6.45, 7) is -0.708. The Balaban J connectivity index is 1.15. The Kier molecular flexibility index (Phi) is 15.3. The molecular weight excluding hydrogens is 1020 g/mol. The summed E-state index contributed by atoms with van der Waals surface area (Å²) in [5.74, 6) is -7.23. The fourth-order valence-electron chi connectivity index (χ4n) is 8.86. The van der Waals surface area contributed by atoms with Crippen LogP contribution in [0.25, 0.3) is 21.9 Å². The zero-order chi connectivity index (χ0) is 55.0. The van der Waals surface area contributed by atoms with Crippen molar-refractivity contribution in [3.05, 3.63) is 249 Å². The molecule has 1 fully saturated rings. The molecule has 10 rings (SSSR count). The molecule has 9 aromatic rings. The maximum absolute atomic E-state index is 15.1. The van der Waals surface area contributed by atoms with Gasteiger partial charge < -0.3 is 47.4 Å². The van der Waals surface area contributed by atoms with Crippen LogP contribution in [0.15, 0.2) is 209 Å². The third-order valence-electron chi connectivity index (χ3n) is 12.7. The minimum absolute atomic E-state index is 0.0190. The van der Waals surface area contributed by atoms with Gasteiger partial charge in [-0.2, -0.15) is 0 Å². The average Bonchev–Trinajstić information content (AvgIpc) is 3.63. The molecule has 1 N–H and O–H groups in total. The summed E-state index contributed by atoms with van der Waals surface area (Å²) in [5.41, 5.74) is -1.25. The average molecular weight is 1060 g/mol. The van der Waals surface area contributed by atoms with Gasteiger partial charge in [-0.1, -0.05) is 109 Å². The molecule has 17 heteroatoms. The number of esters is 6. The van der Waals surface area contributed by atoms with Crippen molar-refractivity contribution >= 4 is 57.8 Å². The first kappa shape index (κ1) is 52.1. The van der Waals surface area contributed by atoms with Crippen molar-refractivity contribution in [2.24, 2.45) is 0 Å². The number of hydrogen-bond donors (Lipinski definition) is 1. The van der Waals surface area contributed by atoms with E-state index in [1.807, 2.05) is 0 Å². The molecule has 1 aromatic heterocycles. The lowest BCUT2D eigenvalue weighted by Gasteiger charge is -2.45. The van der Waals surface area contributed by atoms with Crippen LogP contribution in [-0.4, -0.2) is 79.1 Å². The van der Waals surface area contributed by atoms with Crippen LogP contribution in [0.4, 0.5) is 0 Å². The van der Waals surface area contributed by atoms with Crippen molar-refractivity contribution in [3.8, 4) is 23.0 Å². The minimum atomic E-state index is -1.90. The molecule has 0 aliphatic carbocycles. The van der Waals surface area contributed by atoms with E-state index in [2.05, 4.69) is 0 Å². The number of phenols is 1. The molecule has 394 valence electrons. The molecule has 0 amide bonds. The van der Waals surface area contributed by atoms with Gasteiger partial charge >= 0.3 is 35.8 Å². The first-order chi connectivity index (χ1) is 38.4. The molecule has 2 heterocycles. The number of carbonyl (C=O) groups excluding carboxylic acids is 6. The Morgan fingerprint density at radius 2 is 0.835 bits per heavy atom. The zero-order valence-electron chi connectivity index (χ0n) is 41.6. The van der Waals surface area contributed by atoms with Gasteiger partial charge in [-0.05, 0) is 78.9 Å². The van der Waals surface area contributed by atoms with Crippen LogP contribution in [0.1, 0.15) is 73.8 Å². The number of phenolic OH excluding ortho intramolecular Hbond substituents is 1. The lowest BCUT2D eigenvalue weighted by Crippen LogP contribution is -2.60. The quantitative estimate of drug-likeness (QED) is 0.0436. The Bertz CT molecular complexity index is 3780. The monoisotopic (exact) mass is 1060 g/mol. The van der Waals surface area contributed by atoms with Crippen LogP contribution in [0.3, 0.4) is 0 Å². The SMILES string of the molecule is COc1cc2oc3cc(OC(=O)c4ccccc4)c(OC(=O)c4ccccc4)cc3c(=O)c2c(O)c1[C@@H]1O[C@H](COC(=O)c2ccccc2)[C@@H](OC(=O)c2ccccc2)[C@H](OC(=O)c2ccccc2)[C@H]1OC(=O)c1ccccc1. The van der Waals surface area contributed by atoms with Crippen LogP contribution in [0.5, 0.6) is 23.0 Å². The van der Waals surface area contributed by atoms with E-state index in [-0.39, 0.29) is 72.7 Å². The van der Waals surface area contributed by atoms with Crippen LogP contribution >= 0.6 is 0 Å². The number of rotatable bonds is 15. The highest BCUT2D eigenvalue weighted by Gasteiger charge is 2.55. The van der Waals surface area contributed by atoms with Crippen molar-refractivity contribution in [1.82, 2.24) is 0 Å². The van der Waals surface area contributed by atoms with E-state index < -0.39 is 89.5 Å². The summed E-state index contributed by atoms with van der Waals surface area (Å²) in [6.07, 6.45) is -8.97. The molecule has 79 heavy (non-hydrogen) atoms. The van der Waals surface area contributed by atoms with Gasteiger partial charge in [0.1, 0.15) is 46.9 Å². The second kappa shape index (κ2) is 23.2. The second-order valence-corrected chi connectivity index (χ2v) is 17.7. The number of ether oxygens (including phenoxy) is 8. The smallest absolute Gasteiger partial charge is 0.343 e. The van der Waals surface area contributed by atoms with Gasteiger partial charge in [-0.3, -0.25) is 4.79 Å². The highest BCUT2D eigenvalue weighted by Crippen LogP contribution is 2.48. The largest absolute Gasteiger partial charge is 0.506 e. The molecule has 8 aromatic carbocycles. The Morgan fingerprint density at radius 1 is 0.456 bits per heavy atom. The molecule has 1 aliphatic rings. The van der Waals surface area contributed by atoms with Crippen molar-refractivity contribution in [2.75, 3.05) is 13.7 Å². The van der Waals surface area contributed by atoms with Crippen molar-refractivity contribution in [2.45, 2.75) is 30.5 Å². The van der Waals surface area contributed by atoms with Crippen LogP contribution in [0.2, 0.25) is 0 Å². The van der Waals surface area contributed by atoms with Gasteiger partial charge in [-0.25, -0.2) is 28.8 Å². The van der Waals surface area contributed by atoms with Gasteiger partial charge in [0.05, 0.1) is 51.4 Å². The van der Waals surface area contributed by atoms with Crippen LogP contribution < -0.4 is 19.6 Å². The highest BCUT2D eigenvalue weighted by atomic mass is 16.7. The molecule has 1 saturated heterocycles. The summed E-state index contributed by atoms with van der Waals surface area (Å²) >= 11 is 0. The Hall–Kier alpha value is -10.4. The maximum Gasteiger partial charge on any atom is 0.343 e. The minimum Gasteiger partial charge on any atom is -0.506 e. The zero-order valence-corrected chi connectivity index (χ0v) is 41.6. The lowest BCUT2D eigenvalue weighted by atomic mass is 9.88. The van der Waals surface area contributed by atoms with E-state index in [1.165, 1.54) is 92.0 Å². The molecular formula is C62H44O17. The van der Waals surface area contributed by atoms with E-state index in [1.54, 1.807) is 109 Å². The summed E-state index contributed by atoms with van der Waals surface area (Å²) in [5, 5.41) is 12.0. The van der Waals surface area contributed by atoms with Crippen LogP contribution in [0, 0.1) is 0 Å². The predicted molar refractivity (Wildman–Crippen MR) is 282 cm³/mol. The first-order valence-corrected chi connectivity index (χ1v) is 24.5. The Morgan fingerprint density at radius 3 is 1.28 bits per heavy atom. The van der Waals surface area contributed by atoms with Gasteiger partial charge in [0.25, 0.3) is 0 Å². The number of aromatic hydroxyl groups is 1. The fraction of sp³-hybridized carbons (Fsp3) is 0.113. The third-order valence-corrected chi connectivity index (χ3v) is 12.7. The second-order valence-electron chi connectivity index (χ2n) is 17.7. The molecule has 0 spiro atoms. The number of benzene rings is 8. The molecule has 1 aliphatic heterocycles. The van der Waals surface area contributed by atoms with Gasteiger partial charge in [-0.15, -0.1) is 0 Å². The number of methoxy groups -OCH3 is 1. The van der Waals surface area contributed by atoms with Crippen molar-refractivity contribution in [3.63, 3.8) is 0 Å². The molecule has 0 saturated carbocycles. The van der Waals surface area contributed by atoms with Gasteiger partial charge in [0.15, 0.2) is 29.8 Å². The van der Waals surface area contributed by atoms with Crippen molar-refractivity contribution < 1.29 is 76.2 Å². The number of fused-ring (bicyclic) bond motifs is 2. The van der Waals surface area contributed by atoms with E-state index in [4.69, 9.17) is 42.3 Å². The molecule has 5 atom stereocenters. The molecule has 0 unspecified atom stereocenters. The molecule has 0 bridgehead atoms. The standard InChI is InChI=1S/C62H44O17/c1-71-46-34-47-49(51(63)42-32-44(75-58(66)37-22-10-3-11-23-37)45(33-43(42)73-47)76-59(67)38-24-12-4-13-25-38)52(64)50(46)54-56(79-62(70)41-30-18-7-19-31-41)55(78-61(69)40-28-16-6-17-29-40)53(77-60(68)39-26-14-5-15-27-39)48(74-54)35-72-57(65)36-20-8-2-9-21-36/h2-34,48,53-56,64H,35H2,1H3/t48-,53-,54+,55+,56+/m1/s1. The van der Waals surface area contributed by atoms with E-state index in [9.17, 15) is 33.9 Å². The van der Waals surface area contributed by atoms with E-state index in [0.717, 1.165) is 6.07 Å².